The Labute approximate surface area is 108 Å². The maximum atomic E-state index is 12.0. The molecule has 0 bridgehead atoms. The average molecular weight is 326 g/mol. The van der Waals surface area contributed by atoms with Crippen molar-refractivity contribution in [2.45, 2.75) is 6.36 Å². The Bertz CT molecular complexity index is 461. The van der Waals surface area contributed by atoms with Gasteiger partial charge >= 0.3 is 6.36 Å². The van der Waals surface area contributed by atoms with Gasteiger partial charge in [-0.2, -0.15) is 0 Å². The second kappa shape index (κ2) is 6.36. The van der Waals surface area contributed by atoms with Crippen molar-refractivity contribution in [3.63, 3.8) is 0 Å². The monoisotopic (exact) mass is 325 g/mol. The number of nitrogens with zero attached hydrogens (tertiary/aromatic N) is 3. The molecule has 0 saturated carbocycles. The van der Waals surface area contributed by atoms with Gasteiger partial charge in [-0.25, -0.2) is 0 Å². The van der Waals surface area contributed by atoms with E-state index in [4.69, 9.17) is 10.3 Å². The number of rotatable bonds is 5. The van der Waals surface area contributed by atoms with Crippen LogP contribution in [0.4, 0.5) is 13.2 Å². The van der Waals surface area contributed by atoms with Crippen LogP contribution in [0.1, 0.15) is 0 Å². The molecule has 0 spiro atoms. The van der Waals surface area contributed by atoms with Gasteiger partial charge in [0.05, 0.1) is 17.6 Å². The molecule has 0 aliphatic carbocycles. The summed E-state index contributed by atoms with van der Waals surface area (Å²) in [6.45, 7) is 0.269. The summed E-state index contributed by atoms with van der Waals surface area (Å²) in [5, 5.41) is 3.25. The van der Waals surface area contributed by atoms with Gasteiger partial charge < -0.3 is 9.47 Å². The molecule has 0 aliphatic rings. The number of benzene rings is 1. The van der Waals surface area contributed by atoms with E-state index in [1.54, 1.807) is 0 Å². The highest BCUT2D eigenvalue weighted by Gasteiger charge is 2.31. The number of alkyl halides is 3. The number of azide groups is 1. The van der Waals surface area contributed by atoms with Gasteiger partial charge in [-0.05, 0) is 39.7 Å². The fourth-order valence-electron chi connectivity index (χ4n) is 1.03. The lowest BCUT2D eigenvalue weighted by Crippen LogP contribution is -2.17. The Kier molecular flexibility index (Phi) is 5.11. The third-order valence-electron chi connectivity index (χ3n) is 1.65. The van der Waals surface area contributed by atoms with Crippen molar-refractivity contribution in [3.8, 4) is 11.5 Å². The molecule has 9 heteroatoms. The van der Waals surface area contributed by atoms with Gasteiger partial charge in [-0.15, -0.1) is 13.2 Å². The second-order valence-corrected chi connectivity index (χ2v) is 3.80. The maximum Gasteiger partial charge on any atom is 0.573 e. The lowest BCUT2D eigenvalue weighted by atomic mass is 10.3. The van der Waals surface area contributed by atoms with Crippen LogP contribution >= 0.6 is 15.9 Å². The molecule has 0 fully saturated rings. The van der Waals surface area contributed by atoms with Crippen LogP contribution in [0, 0.1) is 0 Å². The molecule has 5 nitrogen and oxygen atoms in total. The Morgan fingerprint density at radius 2 is 2.11 bits per heavy atom. The highest BCUT2D eigenvalue weighted by atomic mass is 79.9. The SMILES string of the molecule is [N-]=[N+]=NCCOc1ccc(OC(F)(F)F)c(Br)c1. The summed E-state index contributed by atoms with van der Waals surface area (Å²) in [4.78, 5) is 2.53. The lowest BCUT2D eigenvalue weighted by molar-refractivity contribution is -0.274. The number of hydrogen-bond acceptors (Lipinski definition) is 3. The first-order valence-corrected chi connectivity index (χ1v) is 5.40. The first-order chi connectivity index (χ1) is 8.42. The molecule has 98 valence electrons. The van der Waals surface area contributed by atoms with Gasteiger partial charge in [-0.3, -0.25) is 0 Å². The number of ether oxygens (including phenoxy) is 2. The van der Waals surface area contributed by atoms with Crippen molar-refractivity contribution in [1.29, 1.82) is 0 Å². The Hall–Kier alpha value is -1.60. The van der Waals surface area contributed by atoms with Crippen LogP contribution < -0.4 is 9.47 Å². The Balaban J connectivity index is 2.64. The molecule has 0 aromatic heterocycles. The molecule has 1 rings (SSSR count). The molecular formula is C9H7BrF3N3O2. The summed E-state index contributed by atoms with van der Waals surface area (Å²) in [6, 6.07) is 3.78. The molecule has 0 amide bonds. The third-order valence-corrected chi connectivity index (χ3v) is 2.27. The highest BCUT2D eigenvalue weighted by molar-refractivity contribution is 9.10. The topological polar surface area (TPSA) is 67.2 Å². The zero-order valence-corrected chi connectivity index (χ0v) is 10.4. The molecule has 0 radical (unpaired) electrons. The van der Waals surface area contributed by atoms with Crippen LogP contribution in [0.15, 0.2) is 27.8 Å². The van der Waals surface area contributed by atoms with Crippen molar-refractivity contribution in [2.75, 3.05) is 13.2 Å². The Morgan fingerprint density at radius 3 is 2.67 bits per heavy atom. The Morgan fingerprint density at radius 1 is 1.39 bits per heavy atom. The van der Waals surface area contributed by atoms with Gasteiger partial charge in [0.25, 0.3) is 0 Å². The van der Waals surface area contributed by atoms with E-state index in [1.807, 2.05) is 0 Å². The summed E-state index contributed by atoms with van der Waals surface area (Å²) in [7, 11) is 0. The van der Waals surface area contributed by atoms with E-state index in [1.165, 1.54) is 12.1 Å². The maximum absolute atomic E-state index is 12.0. The summed E-state index contributed by atoms with van der Waals surface area (Å²) in [6.07, 6.45) is -4.74. The van der Waals surface area contributed by atoms with E-state index < -0.39 is 6.36 Å². The van der Waals surface area contributed by atoms with Crippen molar-refractivity contribution in [2.24, 2.45) is 5.11 Å². The molecule has 0 N–H and O–H groups in total. The van der Waals surface area contributed by atoms with E-state index >= 15 is 0 Å². The summed E-state index contributed by atoms with van der Waals surface area (Å²) >= 11 is 2.94. The van der Waals surface area contributed by atoms with Crippen molar-refractivity contribution in [1.82, 2.24) is 0 Å². The first kappa shape index (κ1) is 14.5. The minimum atomic E-state index is -4.74. The quantitative estimate of drug-likeness (QED) is 0.355. The van der Waals surface area contributed by atoms with Crippen LogP contribution in [0.2, 0.25) is 0 Å². The van der Waals surface area contributed by atoms with E-state index in [0.29, 0.717) is 5.75 Å². The van der Waals surface area contributed by atoms with E-state index in [0.717, 1.165) is 6.07 Å². The number of halogens is 4. The van der Waals surface area contributed by atoms with Crippen LogP contribution in [0.5, 0.6) is 11.5 Å². The smallest absolute Gasteiger partial charge is 0.493 e. The summed E-state index contributed by atoms with van der Waals surface area (Å²) in [5.41, 5.74) is 8.02. The van der Waals surface area contributed by atoms with Crippen molar-refractivity contribution < 1.29 is 22.6 Å². The average Bonchev–Trinajstić information content (AvgIpc) is 2.26. The minimum absolute atomic E-state index is 0.112. The van der Waals surface area contributed by atoms with Gasteiger partial charge in [0.2, 0.25) is 0 Å². The minimum Gasteiger partial charge on any atom is -0.493 e. The second-order valence-electron chi connectivity index (χ2n) is 2.94. The van der Waals surface area contributed by atoms with Gasteiger partial charge in [0.15, 0.2) is 0 Å². The zero-order valence-electron chi connectivity index (χ0n) is 8.82. The molecule has 0 unspecified atom stereocenters. The van der Waals surface area contributed by atoms with Gasteiger partial charge in [0, 0.05) is 4.91 Å². The largest absolute Gasteiger partial charge is 0.573 e. The first-order valence-electron chi connectivity index (χ1n) is 4.61. The van der Waals surface area contributed by atoms with Crippen molar-refractivity contribution >= 4 is 15.9 Å². The van der Waals surface area contributed by atoms with Gasteiger partial charge in [0.1, 0.15) is 11.5 Å². The van der Waals surface area contributed by atoms with Crippen LogP contribution in [0.3, 0.4) is 0 Å². The lowest BCUT2D eigenvalue weighted by Gasteiger charge is -2.11. The highest BCUT2D eigenvalue weighted by Crippen LogP contribution is 2.33. The molecular weight excluding hydrogens is 319 g/mol. The summed E-state index contributed by atoms with van der Waals surface area (Å²) in [5.74, 6) is -0.0190. The molecule has 0 atom stereocenters. The van der Waals surface area contributed by atoms with Crippen LogP contribution in [-0.4, -0.2) is 19.5 Å². The molecule has 1 aromatic carbocycles. The van der Waals surface area contributed by atoms with Crippen LogP contribution in [-0.2, 0) is 0 Å². The predicted octanol–water partition coefficient (Wildman–Crippen LogP) is 4.04. The fourth-order valence-corrected chi connectivity index (χ4v) is 1.47. The standard InChI is InChI=1S/C9H7BrF3N3O2/c10-7-5-6(17-4-3-15-16-14)1-2-8(7)18-9(11,12)13/h1-2,5H,3-4H2. The molecule has 1 aromatic rings. The molecule has 18 heavy (non-hydrogen) atoms. The van der Waals surface area contributed by atoms with E-state index in [2.05, 4.69) is 30.7 Å². The third kappa shape index (κ3) is 5.15. The molecule has 0 heterocycles. The van der Waals surface area contributed by atoms with E-state index in [9.17, 15) is 13.2 Å². The predicted molar refractivity (Wildman–Crippen MR) is 60.3 cm³/mol. The van der Waals surface area contributed by atoms with E-state index in [-0.39, 0.29) is 23.4 Å². The van der Waals surface area contributed by atoms with Crippen molar-refractivity contribution in [3.05, 3.63) is 33.1 Å². The van der Waals surface area contributed by atoms with Gasteiger partial charge in [-0.1, -0.05) is 5.11 Å². The number of hydrogen-bond donors (Lipinski definition) is 0. The fraction of sp³-hybridized carbons (Fsp3) is 0.333. The molecule has 0 saturated heterocycles. The molecule has 0 aliphatic heterocycles. The van der Waals surface area contributed by atoms with Crippen LogP contribution in [0.25, 0.3) is 10.4 Å². The normalized spacial score (nSPS) is 10.7. The zero-order chi connectivity index (χ0) is 13.6. The summed E-state index contributed by atoms with van der Waals surface area (Å²) < 4.78 is 45.0.